The Bertz CT molecular complexity index is 1360. The molecule has 0 amide bonds. The van der Waals surface area contributed by atoms with E-state index in [9.17, 15) is 0 Å². The molecule has 1 aliphatic rings. The molecule has 2 aromatic heterocycles. The number of rotatable bonds is 4. The minimum Gasteiger partial charge on any atom is -0.457 e. The van der Waals surface area contributed by atoms with Crippen LogP contribution in [0.25, 0.3) is 21.9 Å². The molecule has 6 rings (SSSR count). The summed E-state index contributed by atoms with van der Waals surface area (Å²) in [5, 5.41) is 1.98. The van der Waals surface area contributed by atoms with Gasteiger partial charge >= 0.3 is 0 Å². The van der Waals surface area contributed by atoms with Crippen molar-refractivity contribution in [3.63, 3.8) is 0 Å². The van der Waals surface area contributed by atoms with E-state index >= 15 is 0 Å². The summed E-state index contributed by atoms with van der Waals surface area (Å²) in [6.07, 6.45) is 0. The molecule has 0 fully saturated rings. The molecule has 6 heteroatoms. The number of thiophene rings is 1. The van der Waals surface area contributed by atoms with Gasteiger partial charge in [-0.1, -0.05) is 24.3 Å². The molecule has 0 atom stereocenters. The van der Waals surface area contributed by atoms with Gasteiger partial charge in [0.15, 0.2) is 0 Å². The molecule has 5 nitrogen and oxygen atoms in total. The Labute approximate surface area is 183 Å². The van der Waals surface area contributed by atoms with Gasteiger partial charge in [0, 0.05) is 24.4 Å². The number of fused-ring (bicyclic) bond motifs is 2. The lowest BCUT2D eigenvalue weighted by Gasteiger charge is -2.20. The minimum absolute atomic E-state index is 0.609. The third-order valence-electron chi connectivity index (χ3n) is 5.40. The molecule has 3 aromatic carbocycles. The Morgan fingerprint density at radius 3 is 2.58 bits per heavy atom. The van der Waals surface area contributed by atoms with Gasteiger partial charge in [-0.25, -0.2) is 4.98 Å². The second kappa shape index (κ2) is 7.18. The van der Waals surface area contributed by atoms with E-state index in [1.165, 1.54) is 11.4 Å². The Kier molecular flexibility index (Phi) is 4.18. The maximum Gasteiger partial charge on any atom is 0.228 e. The fraction of sp³-hybridized carbons (Fsp3) is 0.0800. The number of oxazole rings is 1. The van der Waals surface area contributed by atoms with E-state index in [1.807, 2.05) is 47.8 Å². The smallest absolute Gasteiger partial charge is 0.228 e. The minimum atomic E-state index is 0.609. The van der Waals surface area contributed by atoms with Crippen molar-refractivity contribution in [2.75, 3.05) is 23.5 Å². The third-order valence-corrected chi connectivity index (χ3v) is 6.18. The summed E-state index contributed by atoms with van der Waals surface area (Å²) < 4.78 is 12.1. The monoisotopic (exact) mass is 425 g/mol. The average Bonchev–Trinajstić information content (AvgIpc) is 3.48. The van der Waals surface area contributed by atoms with Crippen molar-refractivity contribution >= 4 is 38.8 Å². The molecular formula is C25H19N3O2S. The fourth-order valence-corrected chi connectivity index (χ4v) is 4.62. The topological polar surface area (TPSA) is 41.7 Å². The molecule has 3 heterocycles. The van der Waals surface area contributed by atoms with Gasteiger partial charge in [-0.05, 0) is 53.9 Å². The highest BCUT2D eigenvalue weighted by molar-refractivity contribution is 7.16. The first-order valence-corrected chi connectivity index (χ1v) is 10.9. The molecule has 0 saturated carbocycles. The molecule has 5 aromatic rings. The van der Waals surface area contributed by atoms with Gasteiger partial charge in [0.2, 0.25) is 10.8 Å². The normalized spacial score (nSPS) is 13.1. The molecule has 0 unspecified atom stereocenters. The van der Waals surface area contributed by atoms with Crippen LogP contribution in [0.4, 0.5) is 17.1 Å². The Morgan fingerprint density at radius 1 is 0.903 bits per heavy atom. The standard InChI is InChI=1S/C25H19N3O2S/c1-27-16-28(23-11-3-2-10-22(23)27)18-7-5-9-20(15-18)29-19-8-4-6-17(14-19)24-26-21-12-13-31-25(21)30-24/h2-15H,16H2,1H3. The number of para-hydroxylation sites is 2. The van der Waals surface area contributed by atoms with Crippen LogP contribution >= 0.6 is 11.3 Å². The lowest BCUT2D eigenvalue weighted by molar-refractivity contribution is 0.482. The predicted molar refractivity (Wildman–Crippen MR) is 126 cm³/mol. The zero-order chi connectivity index (χ0) is 20.8. The second-order valence-electron chi connectivity index (χ2n) is 7.50. The Balaban J connectivity index is 1.28. The number of hydrogen-bond donors (Lipinski definition) is 0. The second-order valence-corrected chi connectivity index (χ2v) is 8.37. The summed E-state index contributed by atoms with van der Waals surface area (Å²) in [6, 6.07) is 26.4. The molecule has 0 saturated heterocycles. The van der Waals surface area contributed by atoms with Gasteiger partial charge in [-0.2, -0.15) is 0 Å². The zero-order valence-electron chi connectivity index (χ0n) is 16.9. The summed E-state index contributed by atoms with van der Waals surface area (Å²) >= 11 is 1.55. The Hall–Kier alpha value is -3.77. The Morgan fingerprint density at radius 2 is 1.71 bits per heavy atom. The summed E-state index contributed by atoms with van der Waals surface area (Å²) in [4.78, 5) is 9.93. The van der Waals surface area contributed by atoms with Crippen LogP contribution in [0, 0.1) is 0 Å². The van der Waals surface area contributed by atoms with E-state index in [0.717, 1.165) is 39.8 Å². The van der Waals surface area contributed by atoms with Crippen molar-refractivity contribution in [2.45, 2.75) is 0 Å². The summed E-state index contributed by atoms with van der Waals surface area (Å²) in [5.74, 6) is 2.14. The molecule has 152 valence electrons. The predicted octanol–water partition coefficient (Wildman–Crippen LogP) is 6.89. The lowest BCUT2D eigenvalue weighted by atomic mass is 10.2. The van der Waals surface area contributed by atoms with Crippen molar-refractivity contribution < 1.29 is 9.15 Å². The summed E-state index contributed by atoms with van der Waals surface area (Å²) in [5.41, 5.74) is 5.31. The highest BCUT2D eigenvalue weighted by Gasteiger charge is 2.24. The SMILES string of the molecule is CN1CN(c2cccc(Oc3cccc(-c4nc5ccsc5o4)c3)c2)c2ccccc21. The summed E-state index contributed by atoms with van der Waals surface area (Å²) in [6.45, 7) is 0.805. The molecule has 31 heavy (non-hydrogen) atoms. The third kappa shape index (κ3) is 3.21. The first-order chi connectivity index (χ1) is 15.2. The molecule has 0 bridgehead atoms. The number of hydrogen-bond acceptors (Lipinski definition) is 6. The summed E-state index contributed by atoms with van der Waals surface area (Å²) in [7, 11) is 2.11. The molecule has 0 spiro atoms. The number of anilines is 3. The van der Waals surface area contributed by atoms with Crippen LogP contribution in [-0.4, -0.2) is 18.7 Å². The van der Waals surface area contributed by atoms with Crippen molar-refractivity contribution in [1.29, 1.82) is 0 Å². The molecule has 1 aliphatic heterocycles. The van der Waals surface area contributed by atoms with Gasteiger partial charge < -0.3 is 19.0 Å². The fourth-order valence-electron chi connectivity index (χ4n) is 3.94. The van der Waals surface area contributed by atoms with E-state index < -0.39 is 0 Å². The molecule has 0 radical (unpaired) electrons. The zero-order valence-corrected chi connectivity index (χ0v) is 17.7. The van der Waals surface area contributed by atoms with E-state index in [4.69, 9.17) is 9.15 Å². The van der Waals surface area contributed by atoms with Crippen LogP contribution in [0.1, 0.15) is 0 Å². The highest BCUT2D eigenvalue weighted by Crippen LogP contribution is 2.40. The van der Waals surface area contributed by atoms with Crippen LogP contribution in [0.2, 0.25) is 0 Å². The van der Waals surface area contributed by atoms with Crippen LogP contribution in [0.3, 0.4) is 0 Å². The maximum absolute atomic E-state index is 6.20. The van der Waals surface area contributed by atoms with Gasteiger partial charge in [-0.3, -0.25) is 0 Å². The van der Waals surface area contributed by atoms with E-state index in [0.29, 0.717) is 5.89 Å². The van der Waals surface area contributed by atoms with Crippen molar-refractivity contribution in [3.8, 4) is 23.0 Å². The van der Waals surface area contributed by atoms with E-state index in [-0.39, 0.29) is 0 Å². The van der Waals surface area contributed by atoms with Crippen molar-refractivity contribution in [1.82, 2.24) is 4.98 Å². The van der Waals surface area contributed by atoms with Crippen molar-refractivity contribution in [2.24, 2.45) is 0 Å². The van der Waals surface area contributed by atoms with Crippen LogP contribution < -0.4 is 14.5 Å². The highest BCUT2D eigenvalue weighted by atomic mass is 32.1. The first kappa shape index (κ1) is 18.0. The van der Waals surface area contributed by atoms with Gasteiger partial charge in [0.25, 0.3) is 0 Å². The van der Waals surface area contributed by atoms with Crippen LogP contribution in [-0.2, 0) is 0 Å². The lowest BCUT2D eigenvalue weighted by Crippen LogP contribution is -2.23. The maximum atomic E-state index is 6.20. The van der Waals surface area contributed by atoms with E-state index in [2.05, 4.69) is 58.2 Å². The van der Waals surface area contributed by atoms with E-state index in [1.54, 1.807) is 11.3 Å². The van der Waals surface area contributed by atoms with Crippen LogP contribution in [0.15, 0.2) is 88.7 Å². The largest absolute Gasteiger partial charge is 0.457 e. The molecule has 0 N–H and O–H groups in total. The quantitative estimate of drug-likeness (QED) is 0.313. The molecule has 0 aliphatic carbocycles. The van der Waals surface area contributed by atoms with Crippen LogP contribution in [0.5, 0.6) is 11.5 Å². The molecular weight excluding hydrogens is 406 g/mol. The van der Waals surface area contributed by atoms with Gasteiger partial charge in [0.1, 0.15) is 17.0 Å². The number of aromatic nitrogens is 1. The van der Waals surface area contributed by atoms with Gasteiger partial charge in [0.05, 0.1) is 18.0 Å². The van der Waals surface area contributed by atoms with Crippen molar-refractivity contribution in [3.05, 3.63) is 84.2 Å². The number of ether oxygens (including phenoxy) is 1. The number of nitrogens with zero attached hydrogens (tertiary/aromatic N) is 3. The number of benzene rings is 3. The first-order valence-electron chi connectivity index (χ1n) is 10.0. The average molecular weight is 426 g/mol. The van der Waals surface area contributed by atoms with Gasteiger partial charge in [-0.15, -0.1) is 11.3 Å².